The molecule has 2 aromatic rings. The SMILES string of the molecule is COc1cccc(C2CC(=O)N(c3ccc([N+](=O)[O-])cc3)C3=C2C(=O)CCC3)c1OC. The second kappa shape index (κ2) is 8.22. The summed E-state index contributed by atoms with van der Waals surface area (Å²) >= 11 is 0. The number of anilines is 1. The Hall–Kier alpha value is -3.68. The van der Waals surface area contributed by atoms with Crippen LogP contribution in [0.5, 0.6) is 11.5 Å². The largest absolute Gasteiger partial charge is 0.493 e. The number of non-ortho nitro benzene ring substituents is 1. The van der Waals surface area contributed by atoms with Crippen molar-refractivity contribution >= 4 is 23.1 Å². The molecule has 0 bridgehead atoms. The number of Topliss-reactive ketones (excluding diaryl/α,β-unsaturated/α-hetero) is 1. The van der Waals surface area contributed by atoms with Gasteiger partial charge in [-0.1, -0.05) is 12.1 Å². The molecule has 1 aliphatic heterocycles. The maximum absolute atomic E-state index is 13.3. The molecule has 1 aliphatic carbocycles. The second-order valence-corrected chi connectivity index (χ2v) is 7.48. The number of carbonyl (C=O) groups is 2. The molecule has 0 aromatic heterocycles. The molecule has 2 aliphatic rings. The van der Waals surface area contributed by atoms with E-state index in [2.05, 4.69) is 0 Å². The second-order valence-electron chi connectivity index (χ2n) is 7.48. The Morgan fingerprint density at radius 2 is 1.77 bits per heavy atom. The minimum absolute atomic E-state index is 0.00975. The van der Waals surface area contributed by atoms with Crippen LogP contribution in [-0.2, 0) is 9.59 Å². The van der Waals surface area contributed by atoms with E-state index in [9.17, 15) is 19.7 Å². The minimum atomic E-state index is -0.484. The Morgan fingerprint density at radius 3 is 2.42 bits per heavy atom. The van der Waals surface area contributed by atoms with Gasteiger partial charge in [0.15, 0.2) is 17.3 Å². The highest BCUT2D eigenvalue weighted by Gasteiger charge is 2.41. The van der Waals surface area contributed by atoms with Gasteiger partial charge in [0.1, 0.15) is 0 Å². The molecule has 0 radical (unpaired) electrons. The number of allylic oxidation sites excluding steroid dienone is 2. The Balaban J connectivity index is 1.85. The number of ketones is 1. The van der Waals surface area contributed by atoms with Crippen LogP contribution in [0.3, 0.4) is 0 Å². The summed E-state index contributed by atoms with van der Waals surface area (Å²) in [7, 11) is 3.08. The van der Waals surface area contributed by atoms with Crippen molar-refractivity contribution < 1.29 is 24.0 Å². The average Bonchev–Trinajstić information content (AvgIpc) is 2.78. The highest BCUT2D eigenvalue weighted by atomic mass is 16.6. The number of para-hydroxylation sites is 1. The molecule has 8 heteroatoms. The maximum atomic E-state index is 13.3. The van der Waals surface area contributed by atoms with Crippen molar-refractivity contribution in [2.75, 3.05) is 19.1 Å². The lowest BCUT2D eigenvalue weighted by molar-refractivity contribution is -0.384. The standard InChI is InChI=1S/C23H22N2O6/c1-30-20-8-3-5-16(23(20)31-2)17-13-21(27)24(18-6-4-7-19(26)22(17)18)14-9-11-15(12-10-14)25(28)29/h3,5,8-12,17H,4,6-7,13H2,1-2H3. The highest BCUT2D eigenvalue weighted by molar-refractivity contribution is 6.07. The van der Waals surface area contributed by atoms with Crippen LogP contribution in [-0.4, -0.2) is 30.8 Å². The van der Waals surface area contributed by atoms with Crippen LogP contribution in [0.25, 0.3) is 0 Å². The molecule has 0 saturated carbocycles. The number of methoxy groups -OCH3 is 2. The van der Waals surface area contributed by atoms with E-state index >= 15 is 0 Å². The molecule has 31 heavy (non-hydrogen) atoms. The van der Waals surface area contributed by atoms with Crippen molar-refractivity contribution in [2.45, 2.75) is 31.6 Å². The van der Waals surface area contributed by atoms with E-state index in [1.54, 1.807) is 30.2 Å². The summed E-state index contributed by atoms with van der Waals surface area (Å²) in [6.45, 7) is 0. The average molecular weight is 422 g/mol. The van der Waals surface area contributed by atoms with E-state index in [1.807, 2.05) is 12.1 Å². The molecule has 1 heterocycles. The smallest absolute Gasteiger partial charge is 0.269 e. The third kappa shape index (κ3) is 3.54. The zero-order valence-electron chi connectivity index (χ0n) is 17.3. The molecule has 1 amide bonds. The Kier molecular flexibility index (Phi) is 5.46. The first-order chi connectivity index (χ1) is 15.0. The van der Waals surface area contributed by atoms with Crippen LogP contribution in [0, 0.1) is 10.1 Å². The number of nitro groups is 1. The quantitative estimate of drug-likeness (QED) is 0.530. The van der Waals surface area contributed by atoms with Gasteiger partial charge in [0, 0.05) is 53.4 Å². The number of rotatable bonds is 5. The number of benzene rings is 2. The van der Waals surface area contributed by atoms with Crippen molar-refractivity contribution in [2.24, 2.45) is 0 Å². The third-order valence-corrected chi connectivity index (χ3v) is 5.80. The maximum Gasteiger partial charge on any atom is 0.269 e. The van der Waals surface area contributed by atoms with Gasteiger partial charge in [-0.15, -0.1) is 0 Å². The third-order valence-electron chi connectivity index (χ3n) is 5.80. The van der Waals surface area contributed by atoms with Crippen molar-refractivity contribution in [1.82, 2.24) is 0 Å². The first-order valence-corrected chi connectivity index (χ1v) is 10.0. The van der Waals surface area contributed by atoms with Gasteiger partial charge in [-0.2, -0.15) is 0 Å². The summed E-state index contributed by atoms with van der Waals surface area (Å²) < 4.78 is 11.0. The zero-order chi connectivity index (χ0) is 22.1. The van der Waals surface area contributed by atoms with Gasteiger partial charge in [-0.3, -0.25) is 24.6 Å². The molecule has 4 rings (SSSR count). The zero-order valence-corrected chi connectivity index (χ0v) is 17.3. The van der Waals surface area contributed by atoms with Gasteiger partial charge >= 0.3 is 0 Å². The van der Waals surface area contributed by atoms with Crippen LogP contribution in [0.2, 0.25) is 0 Å². The molecule has 0 saturated heterocycles. The molecule has 8 nitrogen and oxygen atoms in total. The van der Waals surface area contributed by atoms with Gasteiger partial charge in [0.2, 0.25) is 5.91 Å². The minimum Gasteiger partial charge on any atom is -0.493 e. The van der Waals surface area contributed by atoms with E-state index in [-0.39, 0.29) is 23.8 Å². The summed E-state index contributed by atoms with van der Waals surface area (Å²) in [5.74, 6) is 0.454. The predicted octanol–water partition coefficient (Wildman–Crippen LogP) is 4.14. The predicted molar refractivity (Wildman–Crippen MR) is 113 cm³/mol. The van der Waals surface area contributed by atoms with Crippen molar-refractivity contribution in [3.8, 4) is 11.5 Å². The van der Waals surface area contributed by atoms with Crippen molar-refractivity contribution in [3.05, 3.63) is 69.4 Å². The molecular weight excluding hydrogens is 400 g/mol. The molecule has 0 N–H and O–H groups in total. The fraction of sp³-hybridized carbons (Fsp3) is 0.304. The van der Waals surface area contributed by atoms with E-state index in [4.69, 9.17) is 9.47 Å². The first-order valence-electron chi connectivity index (χ1n) is 10.0. The lowest BCUT2D eigenvalue weighted by Gasteiger charge is -2.38. The number of amides is 1. The first kappa shape index (κ1) is 20.6. The Labute approximate surface area is 179 Å². The van der Waals surface area contributed by atoms with Crippen LogP contribution in [0.4, 0.5) is 11.4 Å². The van der Waals surface area contributed by atoms with Gasteiger partial charge in [-0.25, -0.2) is 0 Å². The number of nitro benzene ring substituents is 1. The molecule has 1 unspecified atom stereocenters. The summed E-state index contributed by atoms with van der Waals surface area (Å²) in [4.78, 5) is 38.4. The van der Waals surface area contributed by atoms with Gasteiger partial charge in [-0.05, 0) is 31.0 Å². The Morgan fingerprint density at radius 1 is 1.03 bits per heavy atom. The van der Waals surface area contributed by atoms with Gasteiger partial charge in [0.25, 0.3) is 5.69 Å². The van der Waals surface area contributed by atoms with Crippen LogP contribution >= 0.6 is 0 Å². The van der Waals surface area contributed by atoms with Crippen molar-refractivity contribution in [3.63, 3.8) is 0 Å². The molecule has 0 fully saturated rings. The van der Waals surface area contributed by atoms with Crippen LogP contribution in [0.15, 0.2) is 53.7 Å². The summed E-state index contributed by atoms with van der Waals surface area (Å²) in [5, 5.41) is 11.0. The molecule has 160 valence electrons. The Bertz CT molecular complexity index is 1090. The monoisotopic (exact) mass is 422 g/mol. The number of carbonyl (C=O) groups excluding carboxylic acids is 2. The van der Waals surface area contributed by atoms with E-state index < -0.39 is 10.8 Å². The molecule has 1 atom stereocenters. The summed E-state index contributed by atoms with van der Waals surface area (Å²) in [6, 6.07) is 11.3. The molecule has 2 aromatic carbocycles. The number of nitrogens with zero attached hydrogens (tertiary/aromatic N) is 2. The summed E-state index contributed by atoms with van der Waals surface area (Å²) in [5.41, 5.74) is 2.48. The van der Waals surface area contributed by atoms with E-state index in [1.165, 1.54) is 19.2 Å². The topological polar surface area (TPSA) is 99.0 Å². The van der Waals surface area contributed by atoms with Crippen LogP contribution < -0.4 is 14.4 Å². The van der Waals surface area contributed by atoms with E-state index in [0.717, 1.165) is 5.56 Å². The lowest BCUT2D eigenvalue weighted by atomic mass is 9.76. The number of hydrogen-bond donors (Lipinski definition) is 0. The fourth-order valence-electron chi connectivity index (χ4n) is 4.47. The lowest BCUT2D eigenvalue weighted by Crippen LogP contribution is -2.40. The molecular formula is C23H22N2O6. The van der Waals surface area contributed by atoms with Gasteiger partial charge < -0.3 is 9.47 Å². The van der Waals surface area contributed by atoms with E-state index in [0.29, 0.717) is 47.7 Å². The normalized spacial score (nSPS) is 18.6. The fourth-order valence-corrected chi connectivity index (χ4v) is 4.47. The number of ether oxygens (including phenoxy) is 2. The summed E-state index contributed by atoms with van der Waals surface area (Å²) in [6.07, 6.45) is 1.73. The molecule has 0 spiro atoms. The van der Waals surface area contributed by atoms with Crippen LogP contribution in [0.1, 0.15) is 37.2 Å². The number of hydrogen-bond acceptors (Lipinski definition) is 6. The van der Waals surface area contributed by atoms with Crippen molar-refractivity contribution in [1.29, 1.82) is 0 Å². The van der Waals surface area contributed by atoms with Gasteiger partial charge in [0.05, 0.1) is 19.1 Å². The highest BCUT2D eigenvalue weighted by Crippen LogP contribution is 2.47.